The third kappa shape index (κ3) is 8.21. The quantitative estimate of drug-likeness (QED) is 0.467. The van der Waals surface area contributed by atoms with Crippen LogP contribution in [0.3, 0.4) is 0 Å². The second-order valence-electron chi connectivity index (χ2n) is 9.55. The Kier molecular flexibility index (Phi) is 9.85. The Hall–Kier alpha value is -3.19. The summed E-state index contributed by atoms with van der Waals surface area (Å²) in [5.41, 5.74) is 2.02. The predicted octanol–water partition coefficient (Wildman–Crippen LogP) is 5.07. The zero-order valence-corrected chi connectivity index (χ0v) is 21.3. The third-order valence-corrected chi connectivity index (χ3v) is 6.33. The number of carbonyl (C=O) groups is 1. The first kappa shape index (κ1) is 26.4. The second-order valence-corrected chi connectivity index (χ2v) is 9.55. The van der Waals surface area contributed by atoms with E-state index in [4.69, 9.17) is 9.84 Å². The van der Waals surface area contributed by atoms with E-state index >= 15 is 0 Å². The topological polar surface area (TPSA) is 87.6 Å². The molecule has 0 atom stereocenters. The molecule has 2 aromatic carbocycles. The van der Waals surface area contributed by atoms with Gasteiger partial charge in [-0.2, -0.15) is 0 Å². The van der Waals surface area contributed by atoms with Crippen LogP contribution in [0.1, 0.15) is 44.0 Å². The molecule has 0 aliphatic heterocycles. The van der Waals surface area contributed by atoms with E-state index in [1.165, 1.54) is 25.7 Å². The van der Waals surface area contributed by atoms with E-state index in [9.17, 15) is 4.79 Å². The standard InChI is InChI=1S/C17H25NO3.C11H13N3/c1-13-6-8-14(9-7-13)10-18-11-15-4-2-3-5-16(15)21-12-17(19)20;1-8-12-10-7-5-4-6-9(10)11(13-8)14(2)3/h2-5,13-14,18H,6-12H2,1H3,(H,19,20);4-7H,1-3H3. The lowest BCUT2D eigenvalue weighted by Crippen LogP contribution is -2.26. The molecule has 1 aliphatic carbocycles. The molecule has 0 saturated heterocycles. The van der Waals surface area contributed by atoms with E-state index in [0.29, 0.717) is 5.75 Å². The largest absolute Gasteiger partial charge is 0.482 e. The number of hydrogen-bond donors (Lipinski definition) is 2. The molecule has 3 aromatic rings. The molecule has 0 amide bonds. The molecule has 7 heteroatoms. The Bertz CT molecular complexity index is 1090. The lowest BCUT2D eigenvalue weighted by atomic mass is 9.83. The Morgan fingerprint density at radius 2 is 1.74 bits per heavy atom. The van der Waals surface area contributed by atoms with Gasteiger partial charge in [-0.15, -0.1) is 0 Å². The number of fused-ring (bicyclic) bond motifs is 1. The van der Waals surface area contributed by atoms with Crippen molar-refractivity contribution in [3.8, 4) is 5.75 Å². The van der Waals surface area contributed by atoms with Crippen LogP contribution in [0.4, 0.5) is 5.82 Å². The van der Waals surface area contributed by atoms with Crippen LogP contribution in [-0.4, -0.2) is 48.3 Å². The fraction of sp³-hybridized carbons (Fsp3) is 0.464. The van der Waals surface area contributed by atoms with E-state index in [0.717, 1.165) is 53.0 Å². The van der Waals surface area contributed by atoms with Crippen LogP contribution in [0.5, 0.6) is 5.75 Å². The van der Waals surface area contributed by atoms with Gasteiger partial charge in [0.2, 0.25) is 0 Å². The molecule has 0 unspecified atom stereocenters. The van der Waals surface area contributed by atoms with Crippen molar-refractivity contribution in [3.05, 3.63) is 59.9 Å². The SMILES string of the molecule is CC1CCC(CNCc2ccccc2OCC(=O)O)CC1.Cc1nc(N(C)C)c2ccccc2n1. The van der Waals surface area contributed by atoms with Gasteiger partial charge in [-0.25, -0.2) is 14.8 Å². The van der Waals surface area contributed by atoms with Gasteiger partial charge in [0.05, 0.1) is 5.52 Å². The summed E-state index contributed by atoms with van der Waals surface area (Å²) in [6, 6.07) is 15.7. The number of anilines is 1. The van der Waals surface area contributed by atoms with Crippen LogP contribution >= 0.6 is 0 Å². The molecular weight excluding hydrogens is 440 g/mol. The molecule has 0 spiro atoms. The number of ether oxygens (including phenoxy) is 1. The maximum absolute atomic E-state index is 10.6. The molecule has 1 heterocycles. The zero-order chi connectivity index (χ0) is 25.2. The number of benzene rings is 2. The summed E-state index contributed by atoms with van der Waals surface area (Å²) in [6.07, 6.45) is 5.30. The fourth-order valence-corrected chi connectivity index (χ4v) is 4.39. The first-order valence-electron chi connectivity index (χ1n) is 12.4. The number of nitrogens with zero attached hydrogens (tertiary/aromatic N) is 3. The molecule has 188 valence electrons. The van der Waals surface area contributed by atoms with Gasteiger partial charge < -0.3 is 20.1 Å². The Labute approximate surface area is 208 Å². The number of hydrogen-bond acceptors (Lipinski definition) is 6. The summed E-state index contributed by atoms with van der Waals surface area (Å²) in [6.45, 7) is 5.71. The van der Waals surface area contributed by atoms with Crippen molar-refractivity contribution in [2.75, 3.05) is 32.1 Å². The molecule has 2 N–H and O–H groups in total. The van der Waals surface area contributed by atoms with Crippen molar-refractivity contribution in [3.63, 3.8) is 0 Å². The minimum atomic E-state index is -0.950. The zero-order valence-electron chi connectivity index (χ0n) is 21.3. The number of aromatic nitrogens is 2. The lowest BCUT2D eigenvalue weighted by molar-refractivity contribution is -0.139. The number of carboxylic acid groups (broad SMARTS) is 1. The smallest absolute Gasteiger partial charge is 0.341 e. The molecule has 1 aromatic heterocycles. The van der Waals surface area contributed by atoms with Gasteiger partial charge in [0, 0.05) is 31.6 Å². The highest BCUT2D eigenvalue weighted by Crippen LogP contribution is 2.28. The number of nitrogens with one attached hydrogen (secondary N) is 1. The van der Waals surface area contributed by atoms with Crippen LogP contribution in [0.25, 0.3) is 10.9 Å². The van der Waals surface area contributed by atoms with Crippen LogP contribution in [0.15, 0.2) is 48.5 Å². The van der Waals surface area contributed by atoms with Gasteiger partial charge in [-0.05, 0) is 56.3 Å². The summed E-state index contributed by atoms with van der Waals surface area (Å²) >= 11 is 0. The van der Waals surface area contributed by atoms with Crippen LogP contribution in [0, 0.1) is 18.8 Å². The summed E-state index contributed by atoms with van der Waals surface area (Å²) < 4.78 is 5.32. The molecule has 1 fully saturated rings. The number of aliphatic carboxylic acids is 1. The normalized spacial score (nSPS) is 17.4. The summed E-state index contributed by atoms with van der Waals surface area (Å²) in [5.74, 6) is 3.15. The van der Waals surface area contributed by atoms with Gasteiger partial charge in [-0.3, -0.25) is 0 Å². The first-order valence-corrected chi connectivity index (χ1v) is 12.4. The Morgan fingerprint density at radius 1 is 1.06 bits per heavy atom. The minimum Gasteiger partial charge on any atom is -0.482 e. The van der Waals surface area contributed by atoms with Crippen molar-refractivity contribution in [2.45, 2.75) is 46.1 Å². The van der Waals surface area contributed by atoms with Crippen molar-refractivity contribution in [2.24, 2.45) is 11.8 Å². The second kappa shape index (κ2) is 13.0. The molecule has 35 heavy (non-hydrogen) atoms. The monoisotopic (exact) mass is 478 g/mol. The van der Waals surface area contributed by atoms with E-state index in [-0.39, 0.29) is 6.61 Å². The average molecular weight is 479 g/mol. The molecule has 7 nitrogen and oxygen atoms in total. The number of carboxylic acids is 1. The highest BCUT2D eigenvalue weighted by atomic mass is 16.5. The van der Waals surface area contributed by atoms with Gasteiger partial charge in [0.1, 0.15) is 17.4 Å². The molecule has 0 radical (unpaired) electrons. The number of para-hydroxylation sites is 2. The van der Waals surface area contributed by atoms with Gasteiger partial charge >= 0.3 is 5.97 Å². The Morgan fingerprint density at radius 3 is 2.46 bits per heavy atom. The van der Waals surface area contributed by atoms with Crippen LogP contribution < -0.4 is 15.0 Å². The minimum absolute atomic E-state index is 0.294. The Balaban J connectivity index is 0.000000211. The highest BCUT2D eigenvalue weighted by Gasteiger charge is 2.17. The molecule has 4 rings (SSSR count). The highest BCUT2D eigenvalue weighted by molar-refractivity contribution is 5.89. The number of aryl methyl sites for hydroxylation is 1. The van der Waals surface area contributed by atoms with Crippen LogP contribution in [-0.2, 0) is 11.3 Å². The molecule has 1 aliphatic rings. The van der Waals surface area contributed by atoms with E-state index < -0.39 is 5.97 Å². The van der Waals surface area contributed by atoms with Gasteiger partial charge in [-0.1, -0.05) is 50.1 Å². The molecule has 1 saturated carbocycles. The third-order valence-electron chi connectivity index (χ3n) is 6.33. The summed E-state index contributed by atoms with van der Waals surface area (Å²) in [5, 5.41) is 13.3. The fourth-order valence-electron chi connectivity index (χ4n) is 4.39. The maximum atomic E-state index is 10.6. The van der Waals surface area contributed by atoms with Gasteiger partial charge in [0.25, 0.3) is 0 Å². The lowest BCUT2D eigenvalue weighted by Gasteiger charge is -2.26. The van der Waals surface area contributed by atoms with Gasteiger partial charge in [0.15, 0.2) is 6.61 Å². The van der Waals surface area contributed by atoms with E-state index in [1.54, 1.807) is 0 Å². The predicted molar refractivity (Wildman–Crippen MR) is 141 cm³/mol. The average Bonchev–Trinajstić information content (AvgIpc) is 2.84. The van der Waals surface area contributed by atoms with E-state index in [1.807, 2.05) is 74.4 Å². The van der Waals surface area contributed by atoms with Crippen molar-refractivity contribution in [1.82, 2.24) is 15.3 Å². The van der Waals surface area contributed by atoms with E-state index in [2.05, 4.69) is 22.2 Å². The first-order chi connectivity index (χ1) is 16.8. The molecule has 0 bridgehead atoms. The van der Waals surface area contributed by atoms with Crippen LogP contribution in [0.2, 0.25) is 0 Å². The van der Waals surface area contributed by atoms with Crippen molar-refractivity contribution >= 4 is 22.7 Å². The maximum Gasteiger partial charge on any atom is 0.341 e. The van der Waals surface area contributed by atoms with Crippen molar-refractivity contribution in [1.29, 1.82) is 0 Å². The van der Waals surface area contributed by atoms with Crippen molar-refractivity contribution < 1.29 is 14.6 Å². The summed E-state index contributed by atoms with van der Waals surface area (Å²) in [7, 11) is 3.99. The summed E-state index contributed by atoms with van der Waals surface area (Å²) in [4.78, 5) is 21.4. The molecular formula is C28H38N4O3. The number of rotatable bonds is 8.